The molecule has 1 unspecified atom stereocenters. The van der Waals surface area contributed by atoms with Crippen molar-refractivity contribution in [1.29, 1.82) is 0 Å². The number of rotatable bonds is 9. The Hall–Kier alpha value is -3.40. The number of nitrogens with one attached hydrogen (secondary N) is 2. The fourth-order valence-electron chi connectivity index (χ4n) is 6.48. The number of fused-ring (bicyclic) bond motifs is 1. The highest BCUT2D eigenvalue weighted by Crippen LogP contribution is 2.33. The second-order valence-corrected chi connectivity index (χ2v) is 13.9. The van der Waals surface area contributed by atoms with Crippen molar-refractivity contribution in [3.8, 4) is 17.6 Å². The van der Waals surface area contributed by atoms with Crippen LogP contribution in [0.5, 0.6) is 5.75 Å². The van der Waals surface area contributed by atoms with E-state index in [1.165, 1.54) is 23.8 Å². The lowest BCUT2D eigenvalue weighted by atomic mass is 9.88. The Labute approximate surface area is 263 Å². The van der Waals surface area contributed by atoms with Crippen molar-refractivity contribution >= 4 is 32.1 Å². The van der Waals surface area contributed by atoms with E-state index in [1.54, 1.807) is 31.4 Å². The number of halogens is 3. The molecule has 12 heteroatoms. The maximum Gasteiger partial charge on any atom is 0.406 e. The van der Waals surface area contributed by atoms with E-state index < -0.39 is 22.6 Å². The predicted molar refractivity (Wildman–Crippen MR) is 171 cm³/mol. The van der Waals surface area contributed by atoms with Gasteiger partial charge in [0.1, 0.15) is 12.3 Å². The quantitative estimate of drug-likeness (QED) is 0.280. The van der Waals surface area contributed by atoms with Crippen LogP contribution in [-0.2, 0) is 21.1 Å². The summed E-state index contributed by atoms with van der Waals surface area (Å²) in [6.45, 7) is 1.05. The minimum Gasteiger partial charge on any atom is -0.495 e. The Balaban J connectivity index is 1.31. The van der Waals surface area contributed by atoms with E-state index in [0.717, 1.165) is 63.6 Å². The highest BCUT2D eigenvalue weighted by atomic mass is 32.2. The van der Waals surface area contributed by atoms with Crippen LogP contribution >= 0.6 is 0 Å². The second-order valence-electron chi connectivity index (χ2n) is 11.9. The summed E-state index contributed by atoms with van der Waals surface area (Å²) in [6.07, 6.45) is 3.39. The van der Waals surface area contributed by atoms with E-state index in [-0.39, 0.29) is 23.2 Å². The van der Waals surface area contributed by atoms with E-state index in [4.69, 9.17) is 9.47 Å². The molecule has 5 rings (SSSR count). The van der Waals surface area contributed by atoms with Gasteiger partial charge in [-0.2, -0.15) is 13.2 Å². The molecule has 8 nitrogen and oxygen atoms in total. The number of aromatic nitrogens is 1. The molecule has 1 aliphatic carbocycles. The zero-order valence-electron chi connectivity index (χ0n) is 25.9. The Kier molecular flexibility index (Phi) is 10.2. The summed E-state index contributed by atoms with van der Waals surface area (Å²) in [6, 6.07) is 12.4. The molecule has 1 atom stereocenters. The topological polar surface area (TPSA) is 84.8 Å². The molecule has 45 heavy (non-hydrogen) atoms. The van der Waals surface area contributed by atoms with E-state index in [1.807, 2.05) is 6.07 Å². The molecule has 3 aromatic rings. The molecule has 0 bridgehead atoms. The summed E-state index contributed by atoms with van der Waals surface area (Å²) in [5, 5.41) is 7.40. The number of alkyl halides is 3. The summed E-state index contributed by atoms with van der Waals surface area (Å²) in [7, 11) is -0.199. The largest absolute Gasteiger partial charge is 0.495 e. The van der Waals surface area contributed by atoms with Crippen LogP contribution in [0.2, 0.25) is 0 Å². The number of methoxy groups -OCH3 is 2. The van der Waals surface area contributed by atoms with Gasteiger partial charge in [-0.3, -0.25) is 4.90 Å². The van der Waals surface area contributed by atoms with Crippen LogP contribution < -0.4 is 15.4 Å². The van der Waals surface area contributed by atoms with E-state index >= 15 is 0 Å². The minimum absolute atomic E-state index is 0.110. The number of nitrogens with zero attached hydrogens (tertiary/aromatic N) is 2. The van der Waals surface area contributed by atoms with Gasteiger partial charge in [0, 0.05) is 49.1 Å². The molecule has 244 valence electrons. The third-order valence-corrected chi connectivity index (χ3v) is 9.89. The van der Waals surface area contributed by atoms with Gasteiger partial charge in [-0.25, -0.2) is 8.42 Å². The van der Waals surface area contributed by atoms with Crippen molar-refractivity contribution in [2.24, 2.45) is 0 Å². The maximum atomic E-state index is 13.7. The van der Waals surface area contributed by atoms with Crippen molar-refractivity contribution in [3.05, 3.63) is 48.2 Å². The lowest BCUT2D eigenvalue weighted by Crippen LogP contribution is -2.47. The molecule has 1 saturated heterocycles. The molecule has 1 aliphatic heterocycles. The van der Waals surface area contributed by atoms with Gasteiger partial charge in [0.25, 0.3) is 0 Å². The third-order valence-electron chi connectivity index (χ3n) is 8.78. The first kappa shape index (κ1) is 33.0. The van der Waals surface area contributed by atoms with Crippen molar-refractivity contribution in [3.63, 3.8) is 0 Å². The van der Waals surface area contributed by atoms with Gasteiger partial charge < -0.3 is 24.7 Å². The van der Waals surface area contributed by atoms with Crippen LogP contribution in [0.4, 0.5) is 24.5 Å². The first-order valence-electron chi connectivity index (χ1n) is 15.3. The van der Waals surface area contributed by atoms with Crippen LogP contribution in [-0.4, -0.2) is 82.4 Å². The number of ether oxygens (including phenoxy) is 2. The predicted octanol–water partition coefficient (Wildman–Crippen LogP) is 5.91. The Bertz CT molecular complexity index is 1650. The van der Waals surface area contributed by atoms with Crippen LogP contribution in [0.25, 0.3) is 10.9 Å². The van der Waals surface area contributed by atoms with Gasteiger partial charge in [0.05, 0.1) is 41.6 Å². The summed E-state index contributed by atoms with van der Waals surface area (Å²) in [5.41, 5.74) is 2.07. The fourth-order valence-corrected chi connectivity index (χ4v) is 7.12. The molecule has 2 heterocycles. The van der Waals surface area contributed by atoms with Gasteiger partial charge >= 0.3 is 6.18 Å². The molecule has 2 fully saturated rings. The minimum atomic E-state index is -4.42. The van der Waals surface area contributed by atoms with Crippen molar-refractivity contribution in [2.45, 2.75) is 74.3 Å². The van der Waals surface area contributed by atoms with Gasteiger partial charge in [0.2, 0.25) is 0 Å². The molecule has 0 amide bonds. The number of hydrogen-bond donors (Lipinski definition) is 2. The summed E-state index contributed by atoms with van der Waals surface area (Å²) < 4.78 is 76.9. The molecular formula is C33H41F3N4O4S. The average molecular weight is 647 g/mol. The molecule has 2 N–H and O–H groups in total. The maximum absolute atomic E-state index is 13.7. The first-order chi connectivity index (χ1) is 21.4. The molecular weight excluding hydrogens is 605 g/mol. The van der Waals surface area contributed by atoms with Gasteiger partial charge in [-0.05, 0) is 81.3 Å². The van der Waals surface area contributed by atoms with E-state index in [2.05, 4.69) is 27.4 Å². The zero-order valence-corrected chi connectivity index (χ0v) is 26.7. The molecule has 2 aliphatic rings. The number of hydrogen-bond acceptors (Lipinski definition) is 7. The monoisotopic (exact) mass is 646 g/mol. The van der Waals surface area contributed by atoms with Crippen molar-refractivity contribution in [2.75, 3.05) is 50.7 Å². The van der Waals surface area contributed by atoms with Crippen molar-refractivity contribution in [1.82, 2.24) is 9.47 Å². The van der Waals surface area contributed by atoms with Crippen LogP contribution in [0.3, 0.4) is 0 Å². The molecule has 0 spiro atoms. The van der Waals surface area contributed by atoms with Gasteiger partial charge in [-0.1, -0.05) is 12.0 Å². The highest BCUT2D eigenvalue weighted by Gasteiger charge is 2.31. The summed E-state index contributed by atoms with van der Waals surface area (Å²) in [5.74, 6) is 6.17. The smallest absolute Gasteiger partial charge is 0.406 e. The normalized spacial score (nSPS) is 21.2. The van der Waals surface area contributed by atoms with E-state index in [9.17, 15) is 21.6 Å². The second kappa shape index (κ2) is 13.9. The molecule has 1 aromatic heterocycles. The Morgan fingerprint density at radius 2 is 1.80 bits per heavy atom. The number of sulfone groups is 1. The molecule has 2 aromatic carbocycles. The van der Waals surface area contributed by atoms with Crippen LogP contribution in [0, 0.1) is 11.8 Å². The van der Waals surface area contributed by atoms with Crippen LogP contribution in [0.1, 0.15) is 44.2 Å². The SMILES string of the molecule is COc1cc(S(C)(=O)=O)ccc1NCC#Cc1cc2c(N[C@H]3CC[C@@H](N4CCCC(OC)C4)CC3)cccc2n1CC(F)(F)F. The van der Waals surface area contributed by atoms with E-state index in [0.29, 0.717) is 34.5 Å². The van der Waals surface area contributed by atoms with Gasteiger partial charge in [0.15, 0.2) is 9.84 Å². The lowest BCUT2D eigenvalue weighted by Gasteiger charge is -2.41. The number of likely N-dealkylation sites (tertiary alicyclic amines) is 1. The summed E-state index contributed by atoms with van der Waals surface area (Å²) >= 11 is 0. The lowest BCUT2D eigenvalue weighted by molar-refractivity contribution is -0.140. The standard InChI is InChI=1S/C33H41F3N4O4S/c1-43-26-8-6-18-39(21-26)24-13-11-23(12-14-24)38-29-9-4-10-31-28(29)19-25(40(31)22-33(34,35)36)7-5-17-37-30-16-15-27(45(3,41)42)20-32(30)44-2/h4,9-10,15-16,19-20,23-24,26,37-38H,6,8,11-14,17-18,21-22H2,1-3H3/t23-,24+,26?. The third kappa shape index (κ3) is 8.26. The number of anilines is 2. The van der Waals surface area contributed by atoms with Crippen LogP contribution in [0.15, 0.2) is 47.4 Å². The van der Waals surface area contributed by atoms with Crippen molar-refractivity contribution < 1.29 is 31.1 Å². The first-order valence-corrected chi connectivity index (χ1v) is 17.2. The number of piperidine rings is 1. The fraction of sp³-hybridized carbons (Fsp3) is 0.515. The average Bonchev–Trinajstić information content (AvgIpc) is 3.35. The highest BCUT2D eigenvalue weighted by molar-refractivity contribution is 7.90. The Morgan fingerprint density at radius 1 is 1.02 bits per heavy atom. The number of benzene rings is 2. The summed E-state index contributed by atoms with van der Waals surface area (Å²) in [4.78, 5) is 2.68. The van der Waals surface area contributed by atoms with Gasteiger partial charge in [-0.15, -0.1) is 0 Å². The molecule has 1 saturated carbocycles. The Morgan fingerprint density at radius 3 is 2.49 bits per heavy atom. The zero-order chi connectivity index (χ0) is 32.2. The molecule has 0 radical (unpaired) electrons.